The molecule has 0 aromatic heterocycles. The molecule has 1 saturated carbocycles. The average Bonchev–Trinajstić information content (AvgIpc) is 3.28. The van der Waals surface area contributed by atoms with Crippen LogP contribution in [-0.4, -0.2) is 73.1 Å². The predicted molar refractivity (Wildman–Crippen MR) is 71.2 cm³/mol. The molecule has 3 rings (SSSR count). The highest BCUT2D eigenvalue weighted by molar-refractivity contribution is 5.92. The Balaban J connectivity index is 1.68. The standard InChI is InChI=1S/C14H20N2O5/c1-20-14(19)11-8-21-5-4-15(11)13(18)9-6-12(17)16(7-9)10-2-3-10/h9-11H,2-8H2,1H3. The van der Waals surface area contributed by atoms with Crippen LogP contribution in [0.3, 0.4) is 0 Å². The number of morpholine rings is 1. The molecule has 2 unspecified atom stereocenters. The van der Waals surface area contributed by atoms with Crippen molar-refractivity contribution in [2.45, 2.75) is 31.3 Å². The molecule has 3 aliphatic rings. The zero-order valence-corrected chi connectivity index (χ0v) is 12.1. The lowest BCUT2D eigenvalue weighted by atomic mass is 10.1. The fraction of sp³-hybridized carbons (Fsp3) is 0.786. The number of rotatable bonds is 3. The first-order valence-corrected chi connectivity index (χ1v) is 7.37. The van der Waals surface area contributed by atoms with Gasteiger partial charge in [-0.25, -0.2) is 4.79 Å². The van der Waals surface area contributed by atoms with E-state index in [-0.39, 0.29) is 30.8 Å². The summed E-state index contributed by atoms with van der Waals surface area (Å²) >= 11 is 0. The molecule has 1 aliphatic carbocycles. The molecule has 0 aromatic carbocycles. The summed E-state index contributed by atoms with van der Waals surface area (Å²) in [4.78, 5) is 39.7. The molecule has 2 atom stereocenters. The molecular weight excluding hydrogens is 276 g/mol. The third-order valence-electron chi connectivity index (χ3n) is 4.38. The summed E-state index contributed by atoms with van der Waals surface area (Å²) in [5.41, 5.74) is 0. The van der Waals surface area contributed by atoms with Crippen molar-refractivity contribution >= 4 is 17.8 Å². The van der Waals surface area contributed by atoms with Crippen LogP contribution in [0.4, 0.5) is 0 Å². The third kappa shape index (κ3) is 2.74. The Labute approximate surface area is 123 Å². The van der Waals surface area contributed by atoms with Crippen molar-refractivity contribution in [2.24, 2.45) is 5.92 Å². The van der Waals surface area contributed by atoms with Crippen molar-refractivity contribution in [3.05, 3.63) is 0 Å². The molecule has 0 bridgehead atoms. The molecule has 7 heteroatoms. The normalized spacial score (nSPS) is 29.7. The number of hydrogen-bond donors (Lipinski definition) is 0. The Morgan fingerprint density at radius 2 is 2.10 bits per heavy atom. The van der Waals surface area contributed by atoms with Gasteiger partial charge in [0.1, 0.15) is 0 Å². The molecule has 2 saturated heterocycles. The molecular formula is C14H20N2O5. The van der Waals surface area contributed by atoms with E-state index < -0.39 is 12.0 Å². The molecule has 116 valence electrons. The molecule has 0 spiro atoms. The van der Waals surface area contributed by atoms with Crippen molar-refractivity contribution in [2.75, 3.05) is 33.4 Å². The van der Waals surface area contributed by atoms with Gasteiger partial charge in [0.2, 0.25) is 11.8 Å². The van der Waals surface area contributed by atoms with E-state index in [2.05, 4.69) is 0 Å². The van der Waals surface area contributed by atoms with E-state index in [1.807, 2.05) is 4.90 Å². The van der Waals surface area contributed by atoms with Crippen LogP contribution in [0.2, 0.25) is 0 Å². The number of amides is 2. The molecule has 3 fully saturated rings. The second-order valence-corrected chi connectivity index (χ2v) is 5.82. The van der Waals surface area contributed by atoms with Gasteiger partial charge in [0.25, 0.3) is 0 Å². The van der Waals surface area contributed by atoms with Gasteiger partial charge in [-0.3, -0.25) is 9.59 Å². The SMILES string of the molecule is COC(=O)C1COCCN1C(=O)C1CC(=O)N(C2CC2)C1. The maximum atomic E-state index is 12.6. The Morgan fingerprint density at radius 1 is 1.33 bits per heavy atom. The smallest absolute Gasteiger partial charge is 0.331 e. The van der Waals surface area contributed by atoms with Gasteiger partial charge >= 0.3 is 5.97 Å². The fourth-order valence-electron chi connectivity index (χ4n) is 3.07. The van der Waals surface area contributed by atoms with Crippen LogP contribution in [0.25, 0.3) is 0 Å². The van der Waals surface area contributed by atoms with E-state index in [1.165, 1.54) is 12.0 Å². The molecule has 7 nitrogen and oxygen atoms in total. The highest BCUT2D eigenvalue weighted by atomic mass is 16.5. The maximum Gasteiger partial charge on any atom is 0.331 e. The molecule has 2 aliphatic heterocycles. The highest BCUT2D eigenvalue weighted by Crippen LogP contribution is 2.33. The average molecular weight is 296 g/mol. The summed E-state index contributed by atoms with van der Waals surface area (Å²) in [6, 6.07) is -0.363. The van der Waals surface area contributed by atoms with Gasteiger partial charge in [-0.15, -0.1) is 0 Å². The largest absolute Gasteiger partial charge is 0.467 e. The predicted octanol–water partition coefficient (Wildman–Crippen LogP) is -0.602. The summed E-state index contributed by atoms with van der Waals surface area (Å²) in [5.74, 6) is -0.890. The maximum absolute atomic E-state index is 12.6. The molecule has 0 aromatic rings. The van der Waals surface area contributed by atoms with Crippen LogP contribution in [0.5, 0.6) is 0 Å². The van der Waals surface area contributed by atoms with Crippen molar-refractivity contribution in [1.29, 1.82) is 0 Å². The first kappa shape index (κ1) is 14.3. The van der Waals surface area contributed by atoms with Gasteiger partial charge in [-0.05, 0) is 12.8 Å². The molecule has 2 heterocycles. The van der Waals surface area contributed by atoms with Crippen molar-refractivity contribution < 1.29 is 23.9 Å². The minimum atomic E-state index is -0.693. The monoisotopic (exact) mass is 296 g/mol. The van der Waals surface area contributed by atoms with Gasteiger partial charge in [-0.2, -0.15) is 0 Å². The summed E-state index contributed by atoms with van der Waals surface area (Å²) < 4.78 is 10.00. The number of methoxy groups -OCH3 is 1. The number of hydrogen-bond acceptors (Lipinski definition) is 5. The second kappa shape index (κ2) is 5.63. The summed E-state index contributed by atoms with van der Waals surface area (Å²) in [7, 11) is 1.30. The molecule has 0 radical (unpaired) electrons. The number of nitrogens with zero attached hydrogens (tertiary/aromatic N) is 2. The van der Waals surface area contributed by atoms with Gasteiger partial charge in [0, 0.05) is 25.6 Å². The van der Waals surface area contributed by atoms with Crippen molar-refractivity contribution in [1.82, 2.24) is 9.80 Å². The van der Waals surface area contributed by atoms with Crippen LogP contribution < -0.4 is 0 Å². The fourth-order valence-corrected chi connectivity index (χ4v) is 3.07. The van der Waals surface area contributed by atoms with Crippen LogP contribution in [0.1, 0.15) is 19.3 Å². The Morgan fingerprint density at radius 3 is 2.76 bits per heavy atom. The zero-order chi connectivity index (χ0) is 15.0. The first-order chi connectivity index (χ1) is 10.1. The lowest BCUT2D eigenvalue weighted by Gasteiger charge is -2.35. The highest BCUT2D eigenvalue weighted by Gasteiger charge is 2.45. The minimum Gasteiger partial charge on any atom is -0.467 e. The van der Waals surface area contributed by atoms with Crippen LogP contribution in [0.15, 0.2) is 0 Å². The third-order valence-corrected chi connectivity index (χ3v) is 4.38. The molecule has 21 heavy (non-hydrogen) atoms. The Kier molecular flexibility index (Phi) is 3.84. The van der Waals surface area contributed by atoms with E-state index in [0.29, 0.717) is 25.7 Å². The molecule has 2 amide bonds. The molecule has 0 N–H and O–H groups in total. The summed E-state index contributed by atoms with van der Waals surface area (Å²) in [6.45, 7) is 1.41. The quantitative estimate of drug-likeness (QED) is 0.650. The van der Waals surface area contributed by atoms with E-state index in [4.69, 9.17) is 9.47 Å². The van der Waals surface area contributed by atoms with Crippen LogP contribution in [0, 0.1) is 5.92 Å². The zero-order valence-electron chi connectivity index (χ0n) is 12.1. The Hall–Kier alpha value is -1.63. The van der Waals surface area contributed by atoms with Crippen LogP contribution >= 0.6 is 0 Å². The van der Waals surface area contributed by atoms with Gasteiger partial charge in [-0.1, -0.05) is 0 Å². The Bertz CT molecular complexity index is 462. The van der Waals surface area contributed by atoms with Crippen molar-refractivity contribution in [3.8, 4) is 0 Å². The topological polar surface area (TPSA) is 76.1 Å². The summed E-state index contributed by atoms with van der Waals surface area (Å²) in [5, 5.41) is 0. The lowest BCUT2D eigenvalue weighted by molar-refractivity contribution is -0.162. The van der Waals surface area contributed by atoms with Gasteiger partial charge in [0.05, 0.1) is 26.2 Å². The lowest BCUT2D eigenvalue weighted by Crippen LogP contribution is -2.54. The first-order valence-electron chi connectivity index (χ1n) is 7.37. The van der Waals surface area contributed by atoms with E-state index in [9.17, 15) is 14.4 Å². The minimum absolute atomic E-state index is 0.0544. The number of carbonyl (C=O) groups excluding carboxylic acids is 3. The van der Waals surface area contributed by atoms with E-state index >= 15 is 0 Å². The van der Waals surface area contributed by atoms with Gasteiger partial charge in [0.15, 0.2) is 6.04 Å². The number of esters is 1. The van der Waals surface area contributed by atoms with Crippen LogP contribution in [-0.2, 0) is 23.9 Å². The number of likely N-dealkylation sites (tertiary alicyclic amines) is 1. The number of ether oxygens (including phenoxy) is 2. The second-order valence-electron chi connectivity index (χ2n) is 5.82. The van der Waals surface area contributed by atoms with E-state index in [0.717, 1.165) is 12.8 Å². The number of carbonyl (C=O) groups is 3. The van der Waals surface area contributed by atoms with Gasteiger partial charge < -0.3 is 19.3 Å². The van der Waals surface area contributed by atoms with Crippen molar-refractivity contribution in [3.63, 3.8) is 0 Å². The summed E-state index contributed by atoms with van der Waals surface area (Å²) in [6.07, 6.45) is 2.32. The van der Waals surface area contributed by atoms with E-state index in [1.54, 1.807) is 0 Å².